The lowest BCUT2D eigenvalue weighted by atomic mass is 10.1. The molecule has 5 nitrogen and oxygen atoms in total. The second kappa shape index (κ2) is 7.62. The number of methoxy groups -OCH3 is 1. The maximum atomic E-state index is 11.8. The van der Waals surface area contributed by atoms with Crippen LogP contribution in [-0.4, -0.2) is 22.8 Å². The molecule has 0 aliphatic heterocycles. The van der Waals surface area contributed by atoms with Crippen LogP contribution < -0.4 is 10.1 Å². The lowest BCUT2D eigenvalue weighted by Crippen LogP contribution is -2.16. The number of hydrogen-bond acceptors (Lipinski definition) is 3. The molecule has 0 saturated heterocycles. The van der Waals surface area contributed by atoms with E-state index < -0.39 is 5.97 Å². The topological polar surface area (TPSA) is 63.5 Å². The summed E-state index contributed by atoms with van der Waals surface area (Å²) in [5.41, 5.74) is 4.45. The van der Waals surface area contributed by atoms with Crippen molar-refractivity contribution in [3.63, 3.8) is 0 Å². The summed E-state index contributed by atoms with van der Waals surface area (Å²) in [6.07, 6.45) is 1.02. The van der Waals surface area contributed by atoms with Crippen molar-refractivity contribution in [2.45, 2.75) is 26.4 Å². The number of hydrogen-bond donors (Lipinski definition) is 2. The molecule has 1 aromatic heterocycles. The number of nitrogens with one attached hydrogen (secondary N) is 1. The SMILES string of the molecule is CCc1ccc(CNCc2c(C(=O)O)n(C)c3cc(OC)ccc23)cc1. The second-order valence-corrected chi connectivity index (χ2v) is 6.35. The first kappa shape index (κ1) is 18.0. The van der Waals surface area contributed by atoms with Gasteiger partial charge in [0.25, 0.3) is 0 Å². The van der Waals surface area contributed by atoms with Crippen LogP contribution in [0.5, 0.6) is 5.75 Å². The molecule has 5 heteroatoms. The fourth-order valence-electron chi connectivity index (χ4n) is 3.30. The van der Waals surface area contributed by atoms with Crippen LogP contribution in [0.15, 0.2) is 42.5 Å². The van der Waals surface area contributed by atoms with Crippen LogP contribution in [0.25, 0.3) is 10.9 Å². The van der Waals surface area contributed by atoms with E-state index in [1.165, 1.54) is 11.1 Å². The molecule has 3 rings (SSSR count). The van der Waals surface area contributed by atoms with Crippen LogP contribution in [0, 0.1) is 0 Å². The van der Waals surface area contributed by atoms with Crippen LogP contribution in [0.4, 0.5) is 0 Å². The Kier molecular flexibility index (Phi) is 5.28. The summed E-state index contributed by atoms with van der Waals surface area (Å²) in [6.45, 7) is 3.31. The van der Waals surface area contributed by atoms with Gasteiger partial charge in [0, 0.05) is 37.2 Å². The quantitative estimate of drug-likeness (QED) is 0.680. The van der Waals surface area contributed by atoms with Crippen molar-refractivity contribution < 1.29 is 14.6 Å². The first-order valence-electron chi connectivity index (χ1n) is 8.72. The monoisotopic (exact) mass is 352 g/mol. The highest BCUT2D eigenvalue weighted by molar-refractivity contribution is 5.98. The Hall–Kier alpha value is -2.79. The van der Waals surface area contributed by atoms with Gasteiger partial charge in [-0.05, 0) is 29.7 Å². The number of fused-ring (bicyclic) bond motifs is 1. The normalized spacial score (nSPS) is 11.0. The Bertz CT molecular complexity index is 927. The smallest absolute Gasteiger partial charge is 0.352 e. The molecular weight excluding hydrogens is 328 g/mol. The van der Waals surface area contributed by atoms with Crippen molar-refractivity contribution in [1.82, 2.24) is 9.88 Å². The Morgan fingerprint density at radius 3 is 2.42 bits per heavy atom. The predicted molar refractivity (Wildman–Crippen MR) is 103 cm³/mol. The summed E-state index contributed by atoms with van der Waals surface area (Å²) in [7, 11) is 3.38. The molecule has 3 aromatic rings. The summed E-state index contributed by atoms with van der Waals surface area (Å²) in [5.74, 6) is -0.211. The van der Waals surface area contributed by atoms with Gasteiger partial charge in [-0.1, -0.05) is 31.2 Å². The van der Waals surface area contributed by atoms with Gasteiger partial charge < -0.3 is 19.7 Å². The molecule has 0 amide bonds. The van der Waals surface area contributed by atoms with Crippen molar-refractivity contribution >= 4 is 16.9 Å². The molecule has 2 N–H and O–H groups in total. The van der Waals surface area contributed by atoms with Crippen LogP contribution in [0.1, 0.15) is 34.1 Å². The molecular formula is C21H24N2O3. The first-order chi connectivity index (χ1) is 12.5. The van der Waals surface area contributed by atoms with E-state index in [-0.39, 0.29) is 0 Å². The molecule has 26 heavy (non-hydrogen) atoms. The van der Waals surface area contributed by atoms with E-state index in [0.717, 1.165) is 22.9 Å². The molecule has 0 aliphatic carbocycles. The zero-order valence-electron chi connectivity index (χ0n) is 15.4. The third-order valence-corrected chi connectivity index (χ3v) is 4.78. The lowest BCUT2D eigenvalue weighted by Gasteiger charge is -2.07. The zero-order chi connectivity index (χ0) is 18.7. The number of aromatic carboxylic acids is 1. The summed E-state index contributed by atoms with van der Waals surface area (Å²) >= 11 is 0. The minimum absolute atomic E-state index is 0.307. The van der Waals surface area contributed by atoms with Gasteiger partial charge in [-0.3, -0.25) is 0 Å². The van der Waals surface area contributed by atoms with E-state index in [9.17, 15) is 9.90 Å². The Morgan fingerprint density at radius 2 is 1.81 bits per heavy atom. The molecule has 0 aliphatic rings. The van der Waals surface area contributed by atoms with Gasteiger partial charge in [-0.2, -0.15) is 0 Å². The fourth-order valence-corrected chi connectivity index (χ4v) is 3.30. The van der Waals surface area contributed by atoms with Gasteiger partial charge in [-0.25, -0.2) is 4.79 Å². The molecule has 2 aromatic carbocycles. The number of carboxylic acids is 1. The minimum Gasteiger partial charge on any atom is -0.497 e. The van der Waals surface area contributed by atoms with Crippen LogP contribution >= 0.6 is 0 Å². The number of nitrogens with zero attached hydrogens (tertiary/aromatic N) is 1. The minimum atomic E-state index is -0.924. The van der Waals surface area contributed by atoms with Crippen molar-refractivity contribution in [2.24, 2.45) is 7.05 Å². The van der Waals surface area contributed by atoms with Gasteiger partial charge in [0.15, 0.2) is 0 Å². The maximum absolute atomic E-state index is 11.8. The van der Waals surface area contributed by atoms with E-state index in [1.807, 2.05) is 18.2 Å². The summed E-state index contributed by atoms with van der Waals surface area (Å²) in [4.78, 5) is 11.8. The van der Waals surface area contributed by atoms with Crippen LogP contribution in [0.2, 0.25) is 0 Å². The molecule has 0 saturated carbocycles. The van der Waals surface area contributed by atoms with E-state index in [0.29, 0.717) is 24.5 Å². The molecule has 136 valence electrons. The van der Waals surface area contributed by atoms with Crippen molar-refractivity contribution in [1.29, 1.82) is 0 Å². The van der Waals surface area contributed by atoms with Crippen LogP contribution in [-0.2, 0) is 26.6 Å². The lowest BCUT2D eigenvalue weighted by molar-refractivity contribution is 0.0685. The molecule has 0 unspecified atom stereocenters. The summed E-state index contributed by atoms with van der Waals surface area (Å²) in [5, 5.41) is 14.0. The Labute approximate surface area is 153 Å². The van der Waals surface area contributed by atoms with E-state index in [4.69, 9.17) is 4.74 Å². The largest absolute Gasteiger partial charge is 0.497 e. The van der Waals surface area contributed by atoms with Crippen molar-refractivity contribution in [3.8, 4) is 5.75 Å². The standard InChI is InChI=1S/C21H24N2O3/c1-4-14-5-7-15(8-6-14)12-22-13-18-17-10-9-16(26-3)11-19(17)23(2)20(18)21(24)25/h5-11,22H,4,12-13H2,1-3H3,(H,24,25). The van der Waals surface area contributed by atoms with Crippen LogP contribution in [0.3, 0.4) is 0 Å². The number of carbonyl (C=O) groups is 1. The summed E-state index contributed by atoms with van der Waals surface area (Å²) < 4.78 is 6.98. The van der Waals surface area contributed by atoms with Gasteiger partial charge >= 0.3 is 5.97 Å². The number of benzene rings is 2. The van der Waals surface area contributed by atoms with E-state index in [1.54, 1.807) is 18.7 Å². The zero-order valence-corrected chi connectivity index (χ0v) is 15.4. The van der Waals surface area contributed by atoms with Gasteiger partial charge in [0.1, 0.15) is 11.4 Å². The Morgan fingerprint density at radius 1 is 1.12 bits per heavy atom. The number of carboxylic acid groups (broad SMARTS) is 1. The van der Waals surface area contributed by atoms with Crippen molar-refractivity contribution in [2.75, 3.05) is 7.11 Å². The first-order valence-corrected chi connectivity index (χ1v) is 8.72. The summed E-state index contributed by atoms with van der Waals surface area (Å²) in [6, 6.07) is 14.1. The third-order valence-electron chi connectivity index (χ3n) is 4.78. The molecule has 0 spiro atoms. The maximum Gasteiger partial charge on any atom is 0.352 e. The average Bonchev–Trinajstić information content (AvgIpc) is 2.94. The van der Waals surface area contributed by atoms with Gasteiger partial charge in [0.2, 0.25) is 0 Å². The van der Waals surface area contributed by atoms with Crippen molar-refractivity contribution in [3.05, 3.63) is 64.8 Å². The third kappa shape index (κ3) is 3.44. The second-order valence-electron chi connectivity index (χ2n) is 6.35. The molecule has 1 heterocycles. The Balaban J connectivity index is 1.85. The highest BCUT2D eigenvalue weighted by Crippen LogP contribution is 2.29. The highest BCUT2D eigenvalue weighted by Gasteiger charge is 2.20. The average molecular weight is 352 g/mol. The van der Waals surface area contributed by atoms with E-state index >= 15 is 0 Å². The van der Waals surface area contributed by atoms with Gasteiger partial charge in [0.05, 0.1) is 12.6 Å². The fraction of sp³-hybridized carbons (Fsp3) is 0.286. The molecule has 0 fully saturated rings. The molecule has 0 radical (unpaired) electrons. The van der Waals surface area contributed by atoms with E-state index in [2.05, 4.69) is 36.5 Å². The molecule has 0 bridgehead atoms. The number of aromatic nitrogens is 1. The number of rotatable bonds is 7. The predicted octanol–water partition coefficient (Wildman–Crippen LogP) is 3.74. The number of ether oxygens (including phenoxy) is 1. The number of aryl methyl sites for hydroxylation is 2. The van der Waals surface area contributed by atoms with Gasteiger partial charge in [-0.15, -0.1) is 0 Å². The highest BCUT2D eigenvalue weighted by atomic mass is 16.5. The molecule has 0 atom stereocenters.